The van der Waals surface area contributed by atoms with E-state index < -0.39 is 12.1 Å². The molecule has 0 aliphatic rings. The number of rotatable bonds is 3. The van der Waals surface area contributed by atoms with E-state index in [1.165, 1.54) is 4.68 Å². The number of hydrogen-bond donors (Lipinski definition) is 1. The van der Waals surface area contributed by atoms with E-state index in [0.29, 0.717) is 0 Å². The molecule has 0 aliphatic heterocycles. The number of aliphatic carboxylic acids is 1. The Morgan fingerprint density at radius 3 is 2.77 bits per heavy atom. The lowest BCUT2D eigenvalue weighted by Gasteiger charge is -2.09. The van der Waals surface area contributed by atoms with Crippen molar-refractivity contribution >= 4 is 5.97 Å². The number of hydrogen-bond acceptors (Lipinski definition) is 3. The summed E-state index contributed by atoms with van der Waals surface area (Å²) < 4.78 is 14.2. The Balaban J connectivity index is 3.00. The molecule has 0 spiro atoms. The Morgan fingerprint density at radius 2 is 2.31 bits per heavy atom. The zero-order valence-electron chi connectivity index (χ0n) is 7.31. The molecule has 5 nitrogen and oxygen atoms in total. The fourth-order valence-electron chi connectivity index (χ4n) is 0.949. The van der Waals surface area contributed by atoms with Crippen LogP contribution >= 0.6 is 0 Å². The van der Waals surface area contributed by atoms with Crippen LogP contribution in [0.3, 0.4) is 0 Å². The lowest BCUT2D eigenvalue weighted by molar-refractivity contribution is -0.143. The lowest BCUT2D eigenvalue weighted by atomic mass is 10.3. The number of carboxylic acids is 1. The van der Waals surface area contributed by atoms with Gasteiger partial charge in [0.1, 0.15) is 6.33 Å². The Morgan fingerprint density at radius 1 is 1.69 bits per heavy atom. The summed E-state index contributed by atoms with van der Waals surface area (Å²) in [5, 5.41) is 12.1. The molecular weight excluding hydrogens is 177 g/mol. The number of alkyl halides is 1. The second-order valence-electron chi connectivity index (χ2n) is 2.86. The van der Waals surface area contributed by atoms with Crippen LogP contribution in [0.5, 0.6) is 0 Å². The van der Waals surface area contributed by atoms with Crippen molar-refractivity contribution in [3.05, 3.63) is 12.2 Å². The van der Waals surface area contributed by atoms with Gasteiger partial charge in [0, 0.05) is 6.04 Å². The number of nitrogens with zero attached hydrogens (tertiary/aromatic N) is 3. The molecule has 0 bridgehead atoms. The maximum Gasteiger partial charge on any atom is 0.346 e. The van der Waals surface area contributed by atoms with Gasteiger partial charge in [-0.3, -0.25) is 0 Å². The molecule has 1 atom stereocenters. The van der Waals surface area contributed by atoms with E-state index >= 15 is 0 Å². The molecule has 0 aliphatic carbocycles. The van der Waals surface area contributed by atoms with Gasteiger partial charge in [-0.15, -0.1) is 0 Å². The van der Waals surface area contributed by atoms with Crippen LogP contribution in [0.25, 0.3) is 0 Å². The summed E-state index contributed by atoms with van der Waals surface area (Å²) >= 11 is 0. The summed E-state index contributed by atoms with van der Waals surface area (Å²) in [4.78, 5) is 13.9. The monoisotopic (exact) mass is 187 g/mol. The molecule has 1 unspecified atom stereocenters. The summed E-state index contributed by atoms with van der Waals surface area (Å²) in [5.41, 5.74) is 0. The minimum absolute atomic E-state index is 0.102. The molecule has 1 aromatic rings. The van der Waals surface area contributed by atoms with E-state index in [4.69, 9.17) is 5.11 Å². The van der Waals surface area contributed by atoms with E-state index in [0.717, 1.165) is 6.33 Å². The van der Waals surface area contributed by atoms with Gasteiger partial charge < -0.3 is 5.11 Å². The highest BCUT2D eigenvalue weighted by Gasteiger charge is 2.25. The summed E-state index contributed by atoms with van der Waals surface area (Å²) in [5.74, 6) is -1.71. The van der Waals surface area contributed by atoms with Gasteiger partial charge in [0.15, 0.2) is 5.82 Å². The van der Waals surface area contributed by atoms with Gasteiger partial charge in [0.05, 0.1) is 0 Å². The van der Waals surface area contributed by atoms with Crippen molar-refractivity contribution in [3.8, 4) is 0 Å². The normalized spacial score (nSPS) is 13.2. The van der Waals surface area contributed by atoms with Gasteiger partial charge in [-0.1, -0.05) is 0 Å². The maximum atomic E-state index is 13.0. The van der Waals surface area contributed by atoms with Crippen molar-refractivity contribution in [2.24, 2.45) is 0 Å². The molecule has 72 valence electrons. The number of carboxylic acid groups (broad SMARTS) is 1. The quantitative estimate of drug-likeness (QED) is 0.765. The summed E-state index contributed by atoms with van der Waals surface area (Å²) in [6, 6.07) is -0.102. The molecule has 1 heterocycles. The standard InChI is InChI=1S/C7H10FN3O2/c1-4(2)11-6(9-3-10-11)5(8)7(12)13/h3-5H,1-2H3,(H,12,13). The van der Waals surface area contributed by atoms with E-state index in [9.17, 15) is 9.18 Å². The fraction of sp³-hybridized carbons (Fsp3) is 0.571. The molecule has 6 heteroatoms. The highest BCUT2D eigenvalue weighted by Crippen LogP contribution is 2.17. The molecule has 13 heavy (non-hydrogen) atoms. The Kier molecular flexibility index (Phi) is 2.60. The van der Waals surface area contributed by atoms with Crippen molar-refractivity contribution in [2.45, 2.75) is 26.1 Å². The smallest absolute Gasteiger partial charge is 0.346 e. The van der Waals surface area contributed by atoms with Gasteiger partial charge >= 0.3 is 5.97 Å². The molecule has 0 fully saturated rings. The average Bonchev–Trinajstić information content (AvgIpc) is 2.50. The van der Waals surface area contributed by atoms with Crippen LogP contribution in [-0.2, 0) is 4.79 Å². The van der Waals surface area contributed by atoms with Crippen molar-refractivity contribution in [2.75, 3.05) is 0 Å². The van der Waals surface area contributed by atoms with Crippen LogP contribution in [0, 0.1) is 0 Å². The van der Waals surface area contributed by atoms with Crippen LogP contribution in [0.1, 0.15) is 31.9 Å². The minimum Gasteiger partial charge on any atom is -0.479 e. The molecule has 0 saturated heterocycles. The zero-order valence-corrected chi connectivity index (χ0v) is 7.31. The zero-order chi connectivity index (χ0) is 10.0. The van der Waals surface area contributed by atoms with Crippen LogP contribution < -0.4 is 0 Å². The lowest BCUT2D eigenvalue weighted by Crippen LogP contribution is -2.15. The predicted octanol–water partition coefficient (Wildman–Crippen LogP) is 0.954. The summed E-state index contributed by atoms with van der Waals surface area (Å²) in [6.07, 6.45) is -0.963. The third-order valence-corrected chi connectivity index (χ3v) is 1.53. The third-order valence-electron chi connectivity index (χ3n) is 1.53. The first-order valence-electron chi connectivity index (χ1n) is 3.80. The summed E-state index contributed by atoms with van der Waals surface area (Å²) in [7, 11) is 0. The minimum atomic E-state index is -2.11. The van der Waals surface area contributed by atoms with Gasteiger partial charge in [-0.25, -0.2) is 18.9 Å². The van der Waals surface area contributed by atoms with Gasteiger partial charge in [0.25, 0.3) is 6.17 Å². The first-order chi connectivity index (χ1) is 6.04. The topological polar surface area (TPSA) is 68.0 Å². The fourth-order valence-corrected chi connectivity index (χ4v) is 0.949. The van der Waals surface area contributed by atoms with Crippen LogP contribution in [-0.4, -0.2) is 25.8 Å². The predicted molar refractivity (Wildman–Crippen MR) is 41.9 cm³/mol. The largest absolute Gasteiger partial charge is 0.479 e. The van der Waals surface area contributed by atoms with Crippen LogP contribution in [0.4, 0.5) is 4.39 Å². The Bertz CT molecular complexity index is 310. The van der Waals surface area contributed by atoms with Crippen molar-refractivity contribution < 1.29 is 14.3 Å². The van der Waals surface area contributed by atoms with Gasteiger partial charge in [0.2, 0.25) is 0 Å². The van der Waals surface area contributed by atoms with E-state index in [2.05, 4.69) is 10.1 Å². The molecular formula is C7H10FN3O2. The van der Waals surface area contributed by atoms with Crippen LogP contribution in [0.2, 0.25) is 0 Å². The van der Waals surface area contributed by atoms with Crippen molar-refractivity contribution in [1.29, 1.82) is 0 Å². The van der Waals surface area contributed by atoms with Crippen molar-refractivity contribution in [1.82, 2.24) is 14.8 Å². The second-order valence-corrected chi connectivity index (χ2v) is 2.86. The number of halogens is 1. The average molecular weight is 187 g/mol. The molecule has 0 saturated carbocycles. The highest BCUT2D eigenvalue weighted by atomic mass is 19.1. The van der Waals surface area contributed by atoms with E-state index in [1.807, 2.05) is 0 Å². The van der Waals surface area contributed by atoms with Gasteiger partial charge in [-0.05, 0) is 13.8 Å². The number of aromatic nitrogens is 3. The van der Waals surface area contributed by atoms with E-state index in [1.54, 1.807) is 13.8 Å². The first-order valence-corrected chi connectivity index (χ1v) is 3.80. The molecule has 1 rings (SSSR count). The first kappa shape index (κ1) is 9.63. The molecule has 0 aromatic carbocycles. The SMILES string of the molecule is CC(C)n1ncnc1C(F)C(=O)O. The van der Waals surface area contributed by atoms with E-state index in [-0.39, 0.29) is 11.9 Å². The Labute approximate surface area is 74.2 Å². The molecule has 1 aromatic heterocycles. The maximum absolute atomic E-state index is 13.0. The molecule has 0 radical (unpaired) electrons. The third kappa shape index (κ3) is 1.82. The van der Waals surface area contributed by atoms with Crippen molar-refractivity contribution in [3.63, 3.8) is 0 Å². The Hall–Kier alpha value is -1.46. The summed E-state index contributed by atoms with van der Waals surface area (Å²) in [6.45, 7) is 3.54. The number of carbonyl (C=O) groups is 1. The molecule has 1 N–H and O–H groups in total. The van der Waals surface area contributed by atoms with Crippen LogP contribution in [0.15, 0.2) is 6.33 Å². The van der Waals surface area contributed by atoms with Gasteiger partial charge in [-0.2, -0.15) is 5.10 Å². The molecule has 0 amide bonds. The highest BCUT2D eigenvalue weighted by molar-refractivity contribution is 5.72. The second kappa shape index (κ2) is 3.51.